The Kier molecular flexibility index (Phi) is 4.60. The summed E-state index contributed by atoms with van der Waals surface area (Å²) < 4.78 is 2.03. The third-order valence-corrected chi connectivity index (χ3v) is 4.04. The van der Waals surface area contributed by atoms with Crippen molar-refractivity contribution >= 4 is 0 Å². The average Bonchev–Trinajstić information content (AvgIpc) is 2.80. The van der Waals surface area contributed by atoms with E-state index < -0.39 is 0 Å². The highest BCUT2D eigenvalue weighted by atomic mass is 15.3. The Bertz CT molecular complexity index is 330. The maximum atomic E-state index is 4.37. The maximum absolute atomic E-state index is 4.37. The van der Waals surface area contributed by atoms with Crippen LogP contribution in [0.2, 0.25) is 0 Å². The number of hydrogen-bond acceptors (Lipinski definition) is 2. The zero-order valence-electron chi connectivity index (χ0n) is 11.2. The van der Waals surface area contributed by atoms with Crippen LogP contribution in [0.5, 0.6) is 0 Å². The Morgan fingerprint density at radius 3 is 2.76 bits per heavy atom. The number of rotatable bonds is 5. The van der Waals surface area contributed by atoms with Crippen molar-refractivity contribution in [3.63, 3.8) is 0 Å². The van der Waals surface area contributed by atoms with Gasteiger partial charge >= 0.3 is 0 Å². The third-order valence-electron chi connectivity index (χ3n) is 4.04. The lowest BCUT2D eigenvalue weighted by molar-refractivity contribution is 0.232. The van der Waals surface area contributed by atoms with Crippen molar-refractivity contribution in [2.75, 3.05) is 13.6 Å². The van der Waals surface area contributed by atoms with E-state index in [-0.39, 0.29) is 0 Å². The van der Waals surface area contributed by atoms with E-state index in [0.717, 1.165) is 18.4 Å². The van der Waals surface area contributed by atoms with E-state index in [0.29, 0.717) is 0 Å². The second-order valence-corrected chi connectivity index (χ2v) is 5.27. The normalized spacial score (nSPS) is 25.1. The van der Waals surface area contributed by atoms with Crippen LogP contribution in [0.15, 0.2) is 12.4 Å². The molecule has 3 nitrogen and oxygen atoms in total. The summed E-state index contributed by atoms with van der Waals surface area (Å²) in [6, 6.07) is 0. The molecule has 2 unspecified atom stereocenters. The van der Waals surface area contributed by atoms with Crippen molar-refractivity contribution < 1.29 is 0 Å². The standard InChI is InChI=1S/C14H25N3/c1-3-17-11-12(9-16-17)8-13-6-4-5-7-14(13)10-15-2/h9,11,13-15H,3-8,10H2,1-2H3. The quantitative estimate of drug-likeness (QED) is 0.849. The van der Waals surface area contributed by atoms with Crippen LogP contribution in [-0.4, -0.2) is 23.4 Å². The Morgan fingerprint density at radius 1 is 1.35 bits per heavy atom. The summed E-state index contributed by atoms with van der Waals surface area (Å²) in [4.78, 5) is 0. The molecule has 2 atom stereocenters. The van der Waals surface area contributed by atoms with Gasteiger partial charge in [0.2, 0.25) is 0 Å². The molecule has 0 aliphatic heterocycles. The molecule has 0 saturated heterocycles. The van der Waals surface area contributed by atoms with Gasteiger partial charge in [0, 0.05) is 12.7 Å². The van der Waals surface area contributed by atoms with E-state index in [1.807, 2.05) is 4.68 Å². The fraction of sp³-hybridized carbons (Fsp3) is 0.786. The summed E-state index contributed by atoms with van der Waals surface area (Å²) in [5.74, 6) is 1.71. The first-order valence-corrected chi connectivity index (χ1v) is 6.99. The molecular weight excluding hydrogens is 210 g/mol. The van der Waals surface area contributed by atoms with Gasteiger partial charge < -0.3 is 5.32 Å². The molecular formula is C14H25N3. The van der Waals surface area contributed by atoms with Gasteiger partial charge in [-0.2, -0.15) is 5.10 Å². The smallest absolute Gasteiger partial charge is 0.0521 e. The molecule has 17 heavy (non-hydrogen) atoms. The Labute approximate surface area is 105 Å². The second-order valence-electron chi connectivity index (χ2n) is 5.27. The lowest BCUT2D eigenvalue weighted by Crippen LogP contribution is -2.29. The summed E-state index contributed by atoms with van der Waals surface area (Å²) in [5, 5.41) is 7.72. The maximum Gasteiger partial charge on any atom is 0.0521 e. The minimum atomic E-state index is 0.853. The number of aryl methyl sites for hydroxylation is 1. The molecule has 1 saturated carbocycles. The molecule has 1 aromatic heterocycles. The van der Waals surface area contributed by atoms with Crippen molar-refractivity contribution in [1.29, 1.82) is 0 Å². The molecule has 0 amide bonds. The molecule has 1 aliphatic carbocycles. The van der Waals surface area contributed by atoms with E-state index >= 15 is 0 Å². The lowest BCUT2D eigenvalue weighted by Gasteiger charge is -2.31. The molecule has 0 radical (unpaired) electrons. The summed E-state index contributed by atoms with van der Waals surface area (Å²) >= 11 is 0. The van der Waals surface area contributed by atoms with Crippen molar-refractivity contribution in [1.82, 2.24) is 15.1 Å². The molecule has 1 fully saturated rings. The summed E-state index contributed by atoms with van der Waals surface area (Å²) in [7, 11) is 2.07. The third kappa shape index (κ3) is 3.32. The molecule has 1 heterocycles. The molecule has 0 bridgehead atoms. The Balaban J connectivity index is 1.95. The minimum Gasteiger partial charge on any atom is -0.319 e. The van der Waals surface area contributed by atoms with Gasteiger partial charge in [-0.25, -0.2) is 0 Å². The van der Waals surface area contributed by atoms with E-state index in [1.165, 1.54) is 44.2 Å². The van der Waals surface area contributed by atoms with Crippen LogP contribution < -0.4 is 5.32 Å². The molecule has 3 heteroatoms. The lowest BCUT2D eigenvalue weighted by atomic mass is 9.76. The topological polar surface area (TPSA) is 29.9 Å². The van der Waals surface area contributed by atoms with Crippen LogP contribution in [0.3, 0.4) is 0 Å². The molecule has 0 spiro atoms. The number of aromatic nitrogens is 2. The van der Waals surface area contributed by atoms with Crippen molar-refractivity contribution in [3.05, 3.63) is 18.0 Å². The van der Waals surface area contributed by atoms with Gasteiger partial charge in [0.1, 0.15) is 0 Å². The van der Waals surface area contributed by atoms with Gasteiger partial charge in [-0.1, -0.05) is 12.8 Å². The first-order valence-electron chi connectivity index (χ1n) is 6.99. The van der Waals surface area contributed by atoms with Gasteiger partial charge in [0.25, 0.3) is 0 Å². The highest BCUT2D eigenvalue weighted by Gasteiger charge is 2.24. The first kappa shape index (κ1) is 12.6. The second kappa shape index (κ2) is 6.20. The first-order chi connectivity index (χ1) is 8.33. The molecule has 1 aromatic rings. The van der Waals surface area contributed by atoms with E-state index in [9.17, 15) is 0 Å². The Hall–Kier alpha value is -0.830. The molecule has 96 valence electrons. The number of nitrogens with one attached hydrogen (secondary N) is 1. The van der Waals surface area contributed by atoms with Gasteiger partial charge in [-0.05, 0) is 57.2 Å². The zero-order valence-corrected chi connectivity index (χ0v) is 11.2. The van der Waals surface area contributed by atoms with Crippen molar-refractivity contribution in [2.45, 2.75) is 45.6 Å². The van der Waals surface area contributed by atoms with E-state index in [2.05, 4.69) is 36.8 Å². The molecule has 1 aliphatic rings. The molecule has 1 N–H and O–H groups in total. The van der Waals surface area contributed by atoms with Gasteiger partial charge in [0.05, 0.1) is 6.20 Å². The predicted octanol–water partition coefficient (Wildman–Crippen LogP) is 2.47. The van der Waals surface area contributed by atoms with Crippen LogP contribution in [0.1, 0.15) is 38.2 Å². The highest BCUT2D eigenvalue weighted by molar-refractivity contribution is 5.06. The van der Waals surface area contributed by atoms with Crippen LogP contribution in [0.25, 0.3) is 0 Å². The molecule has 0 aromatic carbocycles. The number of hydrogen-bond donors (Lipinski definition) is 1. The van der Waals surface area contributed by atoms with Gasteiger partial charge in [0.15, 0.2) is 0 Å². The SMILES string of the molecule is CCn1cc(CC2CCCCC2CNC)cn1. The highest BCUT2D eigenvalue weighted by Crippen LogP contribution is 2.32. The zero-order chi connectivity index (χ0) is 12.1. The molecule has 2 rings (SSSR count). The van der Waals surface area contributed by atoms with Crippen LogP contribution in [0, 0.1) is 11.8 Å². The predicted molar refractivity (Wildman–Crippen MR) is 71.0 cm³/mol. The summed E-state index contributed by atoms with van der Waals surface area (Å²) in [5.41, 5.74) is 1.42. The van der Waals surface area contributed by atoms with Crippen molar-refractivity contribution in [2.24, 2.45) is 11.8 Å². The largest absolute Gasteiger partial charge is 0.319 e. The summed E-state index contributed by atoms with van der Waals surface area (Å²) in [6.07, 6.45) is 11.1. The Morgan fingerprint density at radius 2 is 2.12 bits per heavy atom. The summed E-state index contributed by atoms with van der Waals surface area (Å²) in [6.45, 7) is 4.29. The van der Waals surface area contributed by atoms with Crippen LogP contribution >= 0.6 is 0 Å². The number of nitrogens with zero attached hydrogens (tertiary/aromatic N) is 2. The average molecular weight is 235 g/mol. The van der Waals surface area contributed by atoms with E-state index in [1.54, 1.807) is 0 Å². The van der Waals surface area contributed by atoms with Crippen LogP contribution in [0.4, 0.5) is 0 Å². The minimum absolute atomic E-state index is 0.853. The van der Waals surface area contributed by atoms with Gasteiger partial charge in [-0.15, -0.1) is 0 Å². The van der Waals surface area contributed by atoms with Crippen molar-refractivity contribution in [3.8, 4) is 0 Å². The van der Waals surface area contributed by atoms with E-state index in [4.69, 9.17) is 0 Å². The monoisotopic (exact) mass is 235 g/mol. The fourth-order valence-electron chi connectivity index (χ4n) is 3.07. The fourth-order valence-corrected chi connectivity index (χ4v) is 3.07. The van der Waals surface area contributed by atoms with Gasteiger partial charge in [-0.3, -0.25) is 4.68 Å². The van der Waals surface area contributed by atoms with Crippen LogP contribution in [-0.2, 0) is 13.0 Å².